The number of hydrogen-bond acceptors (Lipinski definition) is 2. The molecule has 0 aromatic heterocycles. The van der Waals surface area contributed by atoms with E-state index in [4.69, 9.17) is 21.3 Å². The first-order valence-electron chi connectivity index (χ1n) is 8.47. The summed E-state index contributed by atoms with van der Waals surface area (Å²) in [6.07, 6.45) is 3.19. The molecule has 2 aromatic rings. The van der Waals surface area contributed by atoms with E-state index in [0.29, 0.717) is 6.54 Å². The van der Waals surface area contributed by atoms with E-state index in [2.05, 4.69) is 35.6 Å². The summed E-state index contributed by atoms with van der Waals surface area (Å²) in [5.74, 6) is 1.06. The fourth-order valence-electron chi connectivity index (χ4n) is 3.70. The third-order valence-corrected chi connectivity index (χ3v) is 5.17. The van der Waals surface area contributed by atoms with Gasteiger partial charge in [-0.05, 0) is 48.6 Å². The maximum Gasteiger partial charge on any atom is 0.110 e. The van der Waals surface area contributed by atoms with E-state index in [1.54, 1.807) is 0 Å². The van der Waals surface area contributed by atoms with Crippen molar-refractivity contribution in [2.45, 2.75) is 25.8 Å². The van der Waals surface area contributed by atoms with E-state index in [0.717, 1.165) is 48.9 Å². The minimum absolute atomic E-state index is 0.0226. The standard InChI is InChI=1S/C20H21ClN2O/c21-17-7-3-5-15(11-17)13-22-19-20(9-4-10-24-14-20)12-16-6-1-2-8-18(16)23-19/h1-3,5-8,11H,4,9-10,12-14H2,(H,22,23). The van der Waals surface area contributed by atoms with E-state index in [-0.39, 0.29) is 5.41 Å². The van der Waals surface area contributed by atoms with E-state index >= 15 is 0 Å². The van der Waals surface area contributed by atoms with Gasteiger partial charge in [-0.15, -0.1) is 0 Å². The molecule has 2 aliphatic heterocycles. The molecule has 1 saturated heterocycles. The van der Waals surface area contributed by atoms with Crippen LogP contribution in [-0.2, 0) is 17.7 Å². The molecule has 4 rings (SSSR count). The number of ether oxygens (including phenoxy) is 1. The number of fused-ring (bicyclic) bond motifs is 1. The molecule has 3 nitrogen and oxygen atoms in total. The number of amidine groups is 1. The van der Waals surface area contributed by atoms with E-state index in [9.17, 15) is 0 Å². The van der Waals surface area contributed by atoms with Crippen molar-refractivity contribution >= 4 is 23.1 Å². The van der Waals surface area contributed by atoms with Gasteiger partial charge in [0.2, 0.25) is 0 Å². The molecule has 4 heteroatoms. The van der Waals surface area contributed by atoms with Gasteiger partial charge >= 0.3 is 0 Å². The normalized spacial score (nSPS) is 24.6. The Hall–Kier alpha value is -1.84. The number of anilines is 1. The molecular formula is C20H21ClN2O. The first-order valence-corrected chi connectivity index (χ1v) is 8.85. The molecule has 1 fully saturated rings. The highest BCUT2D eigenvalue weighted by Gasteiger charge is 2.41. The summed E-state index contributed by atoms with van der Waals surface area (Å²) in [4.78, 5) is 4.94. The van der Waals surface area contributed by atoms with Crippen LogP contribution in [0.3, 0.4) is 0 Å². The van der Waals surface area contributed by atoms with Gasteiger partial charge in [-0.1, -0.05) is 41.9 Å². The summed E-state index contributed by atoms with van der Waals surface area (Å²) in [7, 11) is 0. The highest BCUT2D eigenvalue weighted by Crippen LogP contribution is 2.40. The van der Waals surface area contributed by atoms with Crippen LogP contribution in [0.4, 0.5) is 5.69 Å². The highest BCUT2D eigenvalue weighted by atomic mass is 35.5. The van der Waals surface area contributed by atoms with Gasteiger partial charge in [0.25, 0.3) is 0 Å². The van der Waals surface area contributed by atoms with Gasteiger partial charge in [0.1, 0.15) is 5.84 Å². The molecule has 1 unspecified atom stereocenters. The van der Waals surface area contributed by atoms with Crippen LogP contribution in [0.15, 0.2) is 53.5 Å². The van der Waals surface area contributed by atoms with Gasteiger partial charge in [-0.2, -0.15) is 0 Å². The number of aliphatic imine (C=N–C) groups is 1. The lowest BCUT2D eigenvalue weighted by molar-refractivity contribution is 0.0275. The lowest BCUT2D eigenvalue weighted by Gasteiger charge is -2.42. The SMILES string of the molecule is Clc1cccc(CN=C2Nc3ccccc3CC23CCCOC3)c1. The summed E-state index contributed by atoms with van der Waals surface area (Å²) in [5.41, 5.74) is 3.62. The van der Waals surface area contributed by atoms with Gasteiger partial charge in [-0.25, -0.2) is 0 Å². The first kappa shape index (κ1) is 15.7. The van der Waals surface area contributed by atoms with Crippen molar-refractivity contribution < 1.29 is 4.74 Å². The molecule has 1 spiro atoms. The molecule has 24 heavy (non-hydrogen) atoms. The third kappa shape index (κ3) is 3.06. The molecule has 124 valence electrons. The Labute approximate surface area is 147 Å². The number of nitrogens with zero attached hydrogens (tertiary/aromatic N) is 1. The third-order valence-electron chi connectivity index (χ3n) is 4.93. The molecule has 0 bridgehead atoms. The molecule has 0 amide bonds. The molecule has 2 heterocycles. The Morgan fingerprint density at radius 2 is 2.08 bits per heavy atom. The van der Waals surface area contributed by atoms with Gasteiger partial charge in [0, 0.05) is 17.3 Å². The zero-order valence-electron chi connectivity index (χ0n) is 13.6. The molecule has 2 aliphatic rings. The smallest absolute Gasteiger partial charge is 0.110 e. The summed E-state index contributed by atoms with van der Waals surface area (Å²) in [6, 6.07) is 16.4. The Bertz CT molecular complexity index is 766. The van der Waals surface area contributed by atoms with Crippen molar-refractivity contribution in [2.75, 3.05) is 18.5 Å². The fraction of sp³-hybridized carbons (Fsp3) is 0.350. The summed E-state index contributed by atoms with van der Waals surface area (Å²) in [5, 5.41) is 4.33. The molecular weight excluding hydrogens is 320 g/mol. The van der Waals surface area contributed by atoms with Crippen LogP contribution in [0.25, 0.3) is 0 Å². The van der Waals surface area contributed by atoms with Crippen molar-refractivity contribution in [3.63, 3.8) is 0 Å². The number of halogens is 1. The molecule has 1 atom stereocenters. The predicted molar refractivity (Wildman–Crippen MR) is 98.8 cm³/mol. The number of nitrogens with one attached hydrogen (secondary N) is 1. The van der Waals surface area contributed by atoms with Gasteiger partial charge in [0.05, 0.1) is 18.6 Å². The van der Waals surface area contributed by atoms with Gasteiger partial charge in [-0.3, -0.25) is 4.99 Å². The Morgan fingerprint density at radius 1 is 1.17 bits per heavy atom. The minimum Gasteiger partial charge on any atom is -0.380 e. The Balaban J connectivity index is 1.66. The molecule has 0 aliphatic carbocycles. The molecule has 0 saturated carbocycles. The van der Waals surface area contributed by atoms with Crippen LogP contribution < -0.4 is 5.32 Å². The second kappa shape index (κ2) is 6.58. The number of benzene rings is 2. The Kier molecular flexibility index (Phi) is 4.30. The monoisotopic (exact) mass is 340 g/mol. The predicted octanol–water partition coefficient (Wildman–Crippen LogP) is 4.70. The lowest BCUT2D eigenvalue weighted by Crippen LogP contribution is -2.47. The van der Waals surface area contributed by atoms with Crippen LogP contribution in [0, 0.1) is 5.41 Å². The average Bonchev–Trinajstić information content (AvgIpc) is 2.61. The van der Waals surface area contributed by atoms with Gasteiger partial charge in [0.15, 0.2) is 0 Å². The summed E-state index contributed by atoms with van der Waals surface area (Å²) < 4.78 is 5.84. The first-order chi connectivity index (χ1) is 11.8. The summed E-state index contributed by atoms with van der Waals surface area (Å²) in [6.45, 7) is 2.22. The number of para-hydroxylation sites is 1. The van der Waals surface area contributed by atoms with Crippen molar-refractivity contribution in [2.24, 2.45) is 10.4 Å². The topological polar surface area (TPSA) is 33.6 Å². The second-order valence-corrected chi connectivity index (χ2v) is 7.13. The van der Waals surface area contributed by atoms with Crippen LogP contribution in [0.1, 0.15) is 24.0 Å². The van der Waals surface area contributed by atoms with Gasteiger partial charge < -0.3 is 10.1 Å². The van der Waals surface area contributed by atoms with Crippen LogP contribution in [-0.4, -0.2) is 19.0 Å². The quantitative estimate of drug-likeness (QED) is 0.859. The Morgan fingerprint density at radius 3 is 2.92 bits per heavy atom. The minimum atomic E-state index is -0.0226. The zero-order chi connectivity index (χ0) is 16.4. The largest absolute Gasteiger partial charge is 0.380 e. The van der Waals surface area contributed by atoms with E-state index in [1.807, 2.05) is 18.2 Å². The maximum atomic E-state index is 6.09. The molecule has 0 radical (unpaired) electrons. The summed E-state index contributed by atoms with van der Waals surface area (Å²) >= 11 is 6.09. The van der Waals surface area contributed by atoms with E-state index < -0.39 is 0 Å². The van der Waals surface area contributed by atoms with Crippen molar-refractivity contribution in [1.29, 1.82) is 0 Å². The number of hydrogen-bond donors (Lipinski definition) is 1. The lowest BCUT2D eigenvalue weighted by atomic mass is 9.73. The van der Waals surface area contributed by atoms with Crippen LogP contribution in [0.2, 0.25) is 5.02 Å². The van der Waals surface area contributed by atoms with Crippen LogP contribution in [0.5, 0.6) is 0 Å². The maximum absolute atomic E-state index is 6.09. The highest BCUT2D eigenvalue weighted by molar-refractivity contribution is 6.30. The van der Waals surface area contributed by atoms with Crippen molar-refractivity contribution in [3.05, 3.63) is 64.7 Å². The van der Waals surface area contributed by atoms with Crippen LogP contribution >= 0.6 is 11.6 Å². The molecule has 2 aromatic carbocycles. The average molecular weight is 341 g/mol. The zero-order valence-corrected chi connectivity index (χ0v) is 14.4. The fourth-order valence-corrected chi connectivity index (χ4v) is 3.91. The van der Waals surface area contributed by atoms with E-state index in [1.165, 1.54) is 11.3 Å². The molecule has 1 N–H and O–H groups in total. The van der Waals surface area contributed by atoms with Crippen molar-refractivity contribution in [3.8, 4) is 0 Å². The second-order valence-electron chi connectivity index (χ2n) is 6.69. The number of rotatable bonds is 2. The van der Waals surface area contributed by atoms with Crippen molar-refractivity contribution in [1.82, 2.24) is 0 Å².